The summed E-state index contributed by atoms with van der Waals surface area (Å²) in [4.78, 5) is 48.1. The van der Waals surface area contributed by atoms with Crippen LogP contribution in [0.15, 0.2) is 48.5 Å². The number of piperidine rings is 2. The second-order valence-corrected chi connectivity index (χ2v) is 13.0. The van der Waals surface area contributed by atoms with Gasteiger partial charge in [0.05, 0.1) is 5.56 Å². The van der Waals surface area contributed by atoms with E-state index in [1.807, 2.05) is 57.2 Å². The molecule has 3 aromatic rings. The molecule has 0 atom stereocenters. The van der Waals surface area contributed by atoms with E-state index >= 15 is 0 Å². The molecule has 2 aromatic carbocycles. The Morgan fingerprint density at radius 1 is 0.780 bits per heavy atom. The fraction of sp³-hybridized carbons (Fsp3) is 0.469. The summed E-state index contributed by atoms with van der Waals surface area (Å²) in [6.45, 7) is 7.66. The Kier molecular flexibility index (Phi) is 8.33. The van der Waals surface area contributed by atoms with Crippen LogP contribution in [-0.4, -0.2) is 95.7 Å². The van der Waals surface area contributed by atoms with E-state index in [1.54, 1.807) is 18.3 Å². The van der Waals surface area contributed by atoms with Crippen LogP contribution < -0.4 is 0 Å². The molecule has 3 saturated heterocycles. The molecular formula is C32H37ClN4O3S. The van der Waals surface area contributed by atoms with Gasteiger partial charge in [-0.05, 0) is 49.4 Å². The van der Waals surface area contributed by atoms with Crippen LogP contribution in [0.3, 0.4) is 0 Å². The highest BCUT2D eigenvalue weighted by Crippen LogP contribution is 2.40. The van der Waals surface area contributed by atoms with Crippen molar-refractivity contribution in [2.75, 3.05) is 52.4 Å². The molecule has 0 bridgehead atoms. The van der Waals surface area contributed by atoms with Crippen LogP contribution >= 0.6 is 22.9 Å². The molecule has 1 aromatic heterocycles. The predicted octanol–water partition coefficient (Wildman–Crippen LogP) is 5.23. The van der Waals surface area contributed by atoms with Gasteiger partial charge in [-0.2, -0.15) is 0 Å². The van der Waals surface area contributed by atoms with Crippen molar-refractivity contribution in [3.8, 4) is 10.4 Å². The summed E-state index contributed by atoms with van der Waals surface area (Å²) in [6.07, 6.45) is 3.49. The minimum Gasteiger partial charge on any atom is -0.343 e. The largest absolute Gasteiger partial charge is 0.343 e. The molecule has 9 heteroatoms. The Morgan fingerprint density at radius 3 is 2.15 bits per heavy atom. The third-order valence-electron chi connectivity index (χ3n) is 9.08. The zero-order valence-electron chi connectivity index (χ0n) is 23.6. The lowest BCUT2D eigenvalue weighted by molar-refractivity contribution is -0.141. The molecule has 6 rings (SSSR count). The van der Waals surface area contributed by atoms with Gasteiger partial charge in [-0.3, -0.25) is 19.3 Å². The van der Waals surface area contributed by atoms with Crippen LogP contribution in [0.5, 0.6) is 0 Å². The number of carbonyl (C=O) groups excluding carboxylic acids is 3. The van der Waals surface area contributed by atoms with E-state index in [0.717, 1.165) is 78.0 Å². The second-order valence-electron chi connectivity index (χ2n) is 11.5. The van der Waals surface area contributed by atoms with Crippen LogP contribution in [0.4, 0.5) is 0 Å². The topological polar surface area (TPSA) is 64.2 Å². The first-order valence-electron chi connectivity index (χ1n) is 14.7. The Labute approximate surface area is 250 Å². The number of benzene rings is 2. The van der Waals surface area contributed by atoms with Gasteiger partial charge in [0, 0.05) is 91.2 Å². The summed E-state index contributed by atoms with van der Waals surface area (Å²) < 4.78 is 1.11. The average molecular weight is 593 g/mol. The van der Waals surface area contributed by atoms with E-state index < -0.39 is 0 Å². The van der Waals surface area contributed by atoms with Crippen molar-refractivity contribution in [3.63, 3.8) is 0 Å². The Morgan fingerprint density at radius 2 is 1.46 bits per heavy atom. The number of rotatable bonds is 4. The Bertz CT molecular complexity index is 1430. The van der Waals surface area contributed by atoms with E-state index in [2.05, 4.69) is 11.0 Å². The summed E-state index contributed by atoms with van der Waals surface area (Å²) in [6, 6.07) is 16.3. The van der Waals surface area contributed by atoms with Crippen LogP contribution in [0.2, 0.25) is 5.02 Å². The molecule has 0 radical (unpaired) electrons. The number of likely N-dealkylation sites (tertiary alicyclic amines) is 2. The zero-order valence-corrected chi connectivity index (χ0v) is 25.1. The van der Waals surface area contributed by atoms with Crippen LogP contribution in [0.25, 0.3) is 20.5 Å². The Hall–Kier alpha value is -2.94. The van der Waals surface area contributed by atoms with Gasteiger partial charge in [0.2, 0.25) is 11.8 Å². The highest BCUT2D eigenvalue weighted by molar-refractivity contribution is 7.22. The molecule has 0 saturated carbocycles. The van der Waals surface area contributed by atoms with E-state index in [4.69, 9.17) is 11.6 Å². The van der Waals surface area contributed by atoms with Gasteiger partial charge < -0.3 is 14.7 Å². The van der Waals surface area contributed by atoms with Gasteiger partial charge >= 0.3 is 0 Å². The van der Waals surface area contributed by atoms with Crippen LogP contribution in [0.1, 0.15) is 43.0 Å². The predicted molar refractivity (Wildman–Crippen MR) is 164 cm³/mol. The highest BCUT2D eigenvalue weighted by Gasteiger charge is 2.34. The number of piperazine rings is 1. The summed E-state index contributed by atoms with van der Waals surface area (Å²) in [5.41, 5.74) is 1.76. The summed E-state index contributed by atoms with van der Waals surface area (Å²) in [5, 5.41) is 1.67. The maximum atomic E-state index is 14.0. The molecule has 0 aliphatic carbocycles. The molecule has 7 nitrogen and oxygen atoms in total. The summed E-state index contributed by atoms with van der Waals surface area (Å²) in [5.74, 6) is 0.499. The van der Waals surface area contributed by atoms with Crippen LogP contribution in [0, 0.1) is 5.92 Å². The number of hydrogen-bond donors (Lipinski definition) is 0. The fourth-order valence-corrected chi connectivity index (χ4v) is 8.07. The second kappa shape index (κ2) is 12.1. The first kappa shape index (κ1) is 28.2. The molecule has 0 unspecified atom stereocenters. The molecule has 216 valence electrons. The molecule has 3 aliphatic rings. The van der Waals surface area contributed by atoms with Crippen molar-refractivity contribution in [1.29, 1.82) is 0 Å². The average Bonchev–Trinajstić information content (AvgIpc) is 3.40. The van der Waals surface area contributed by atoms with Crippen molar-refractivity contribution in [3.05, 3.63) is 59.1 Å². The van der Waals surface area contributed by atoms with Gasteiger partial charge in [0.15, 0.2) is 0 Å². The van der Waals surface area contributed by atoms with E-state index in [0.29, 0.717) is 37.2 Å². The number of thiophene rings is 1. The first-order chi connectivity index (χ1) is 19.9. The molecule has 0 N–H and O–H groups in total. The van der Waals surface area contributed by atoms with Crippen molar-refractivity contribution in [2.45, 2.75) is 38.6 Å². The lowest BCUT2D eigenvalue weighted by Crippen LogP contribution is -2.55. The maximum absolute atomic E-state index is 14.0. The SMILES string of the molecule is CC(=O)N1CCC(C(=O)N2CCC(N3CCN(C(=O)c4c(-c5cccc(Cl)c5)sc5ccccc45)CC3)CC2)CC1. The minimum absolute atomic E-state index is 0.0432. The van der Waals surface area contributed by atoms with Gasteiger partial charge in [-0.25, -0.2) is 0 Å². The van der Waals surface area contributed by atoms with Gasteiger partial charge in [-0.1, -0.05) is 41.9 Å². The van der Waals surface area contributed by atoms with E-state index in [1.165, 1.54) is 0 Å². The lowest BCUT2D eigenvalue weighted by atomic mass is 9.93. The lowest BCUT2D eigenvalue weighted by Gasteiger charge is -2.43. The first-order valence-corrected chi connectivity index (χ1v) is 15.9. The molecular weight excluding hydrogens is 556 g/mol. The van der Waals surface area contributed by atoms with Crippen molar-refractivity contribution < 1.29 is 14.4 Å². The van der Waals surface area contributed by atoms with E-state index in [-0.39, 0.29) is 23.6 Å². The molecule has 41 heavy (non-hydrogen) atoms. The van der Waals surface area contributed by atoms with Crippen LogP contribution in [-0.2, 0) is 9.59 Å². The number of fused-ring (bicyclic) bond motifs is 1. The summed E-state index contributed by atoms with van der Waals surface area (Å²) >= 11 is 7.96. The third kappa shape index (κ3) is 5.87. The Balaban J connectivity index is 1.06. The van der Waals surface area contributed by atoms with Gasteiger partial charge in [0.25, 0.3) is 5.91 Å². The van der Waals surface area contributed by atoms with Crippen molar-refractivity contribution in [1.82, 2.24) is 19.6 Å². The monoisotopic (exact) mass is 592 g/mol. The number of carbonyl (C=O) groups is 3. The highest BCUT2D eigenvalue weighted by atomic mass is 35.5. The molecule has 3 fully saturated rings. The van der Waals surface area contributed by atoms with Gasteiger partial charge in [-0.15, -0.1) is 11.3 Å². The number of halogens is 1. The normalized spacial score (nSPS) is 19.6. The molecule has 3 aliphatic heterocycles. The number of nitrogens with zero attached hydrogens (tertiary/aromatic N) is 4. The quantitative estimate of drug-likeness (QED) is 0.416. The van der Waals surface area contributed by atoms with Gasteiger partial charge in [0.1, 0.15) is 0 Å². The smallest absolute Gasteiger partial charge is 0.256 e. The van der Waals surface area contributed by atoms with E-state index in [9.17, 15) is 14.4 Å². The molecule has 3 amide bonds. The zero-order chi connectivity index (χ0) is 28.5. The molecule has 4 heterocycles. The van der Waals surface area contributed by atoms with Crippen molar-refractivity contribution in [2.24, 2.45) is 5.92 Å². The maximum Gasteiger partial charge on any atom is 0.256 e. The summed E-state index contributed by atoms with van der Waals surface area (Å²) in [7, 11) is 0. The number of hydrogen-bond acceptors (Lipinski definition) is 5. The third-order valence-corrected chi connectivity index (χ3v) is 10.5. The van der Waals surface area contributed by atoms with Crippen molar-refractivity contribution >= 4 is 50.7 Å². The minimum atomic E-state index is 0.0432. The fourth-order valence-electron chi connectivity index (χ4n) is 6.69. The molecule has 0 spiro atoms. The standard InChI is InChI=1S/C32H37ClN4O3S/c1-22(38)34-13-9-23(10-14-34)31(39)36-15-11-26(12-16-36)35-17-19-37(20-18-35)32(40)29-27-7-2-3-8-28(27)41-30(29)24-5-4-6-25(33)21-24/h2-8,21,23,26H,9-20H2,1H3. The number of amides is 3.